The summed E-state index contributed by atoms with van der Waals surface area (Å²) in [6.07, 6.45) is 6.77. The van der Waals surface area contributed by atoms with E-state index in [0.717, 1.165) is 48.5 Å². The van der Waals surface area contributed by atoms with Gasteiger partial charge in [0.1, 0.15) is 0 Å². The predicted octanol–water partition coefficient (Wildman–Crippen LogP) is 1.05. The minimum atomic E-state index is -0.770. The number of pyridine rings is 1. The molecule has 0 radical (unpaired) electrons. The Balaban J connectivity index is 1.58. The number of rotatable bonds is 2. The summed E-state index contributed by atoms with van der Waals surface area (Å²) in [4.78, 5) is 11.2. The van der Waals surface area contributed by atoms with Crippen molar-refractivity contribution >= 4 is 17.0 Å². The molecule has 2 aliphatic heterocycles. The maximum Gasteiger partial charge on any atom is 0.207 e. The fraction of sp³-hybridized carbons (Fsp3) is 0.353. The zero-order valence-electron chi connectivity index (χ0n) is 13.6. The molecule has 0 aromatic carbocycles. The molecule has 5 heterocycles. The number of aromatic nitrogens is 4. The molecule has 0 bridgehead atoms. The number of fused-ring (bicyclic) bond motifs is 2. The maximum absolute atomic E-state index is 10.5. The first-order chi connectivity index (χ1) is 12.3. The first-order valence-electron chi connectivity index (χ1n) is 8.55. The zero-order chi connectivity index (χ0) is 16.8. The van der Waals surface area contributed by atoms with Gasteiger partial charge < -0.3 is 20.6 Å². The Morgan fingerprint density at radius 3 is 3.08 bits per heavy atom. The molecule has 8 heteroatoms. The van der Waals surface area contributed by atoms with E-state index in [1.165, 1.54) is 0 Å². The van der Waals surface area contributed by atoms with E-state index in [1.807, 2.05) is 33.8 Å². The second kappa shape index (κ2) is 5.68. The molecule has 3 aromatic rings. The van der Waals surface area contributed by atoms with Gasteiger partial charge in [-0.25, -0.2) is 14.5 Å². The van der Waals surface area contributed by atoms with Crippen molar-refractivity contribution in [2.45, 2.75) is 25.2 Å². The lowest BCUT2D eigenvalue weighted by molar-refractivity contribution is 0.185. The largest absolute Gasteiger partial charge is 0.356 e. The Labute approximate surface area is 144 Å². The van der Waals surface area contributed by atoms with Gasteiger partial charge in [0.15, 0.2) is 11.6 Å². The van der Waals surface area contributed by atoms with E-state index in [-0.39, 0.29) is 6.04 Å². The molecule has 3 N–H and O–H groups in total. The Kier molecular flexibility index (Phi) is 3.32. The molecule has 0 saturated carbocycles. The summed E-state index contributed by atoms with van der Waals surface area (Å²) in [7, 11) is 0. The molecule has 5 rings (SSSR count). The summed E-state index contributed by atoms with van der Waals surface area (Å²) in [6, 6.07) is 6.11. The lowest BCUT2D eigenvalue weighted by Gasteiger charge is -2.34. The van der Waals surface area contributed by atoms with Crippen molar-refractivity contribution in [2.75, 3.05) is 23.3 Å². The van der Waals surface area contributed by atoms with Crippen LogP contribution in [0.2, 0.25) is 0 Å². The molecule has 1 unspecified atom stereocenters. The number of nitrogens with zero attached hydrogens (tertiary/aromatic N) is 5. The Morgan fingerprint density at radius 2 is 2.20 bits per heavy atom. The fourth-order valence-electron chi connectivity index (χ4n) is 3.68. The summed E-state index contributed by atoms with van der Waals surface area (Å²) in [5, 5.41) is 21.3. The molecule has 0 spiro atoms. The van der Waals surface area contributed by atoms with E-state index in [4.69, 9.17) is 4.98 Å². The Bertz CT molecular complexity index is 918. The van der Waals surface area contributed by atoms with E-state index in [2.05, 4.69) is 20.7 Å². The third kappa shape index (κ3) is 2.33. The number of aliphatic hydroxyl groups excluding tert-OH is 1. The van der Waals surface area contributed by atoms with Crippen molar-refractivity contribution in [3.05, 3.63) is 36.8 Å². The van der Waals surface area contributed by atoms with Crippen LogP contribution in [0.15, 0.2) is 36.8 Å². The lowest BCUT2D eigenvalue weighted by Crippen LogP contribution is -2.50. The van der Waals surface area contributed by atoms with Crippen molar-refractivity contribution in [1.82, 2.24) is 24.9 Å². The molecule has 2 aliphatic rings. The van der Waals surface area contributed by atoms with Crippen LogP contribution in [0.5, 0.6) is 0 Å². The Morgan fingerprint density at radius 1 is 1.24 bits per heavy atom. The fourth-order valence-corrected chi connectivity index (χ4v) is 3.68. The van der Waals surface area contributed by atoms with Gasteiger partial charge in [0, 0.05) is 18.8 Å². The van der Waals surface area contributed by atoms with Gasteiger partial charge in [-0.1, -0.05) is 6.07 Å². The normalized spacial score (nSPS) is 22.8. The van der Waals surface area contributed by atoms with Gasteiger partial charge in [-0.3, -0.25) is 0 Å². The monoisotopic (exact) mass is 337 g/mol. The molecular formula is C17H19N7O. The van der Waals surface area contributed by atoms with Crippen LogP contribution >= 0.6 is 0 Å². The van der Waals surface area contributed by atoms with Crippen LogP contribution in [0.3, 0.4) is 0 Å². The van der Waals surface area contributed by atoms with Gasteiger partial charge in [-0.05, 0) is 31.5 Å². The number of hydrogen-bond acceptors (Lipinski definition) is 7. The summed E-state index contributed by atoms with van der Waals surface area (Å²) >= 11 is 0. The van der Waals surface area contributed by atoms with Crippen LogP contribution in [0.4, 0.5) is 11.5 Å². The third-order valence-corrected chi connectivity index (χ3v) is 4.89. The smallest absolute Gasteiger partial charge is 0.207 e. The highest BCUT2D eigenvalue weighted by molar-refractivity contribution is 5.79. The quantitative estimate of drug-likeness (QED) is 0.644. The molecule has 3 aromatic heterocycles. The highest BCUT2D eigenvalue weighted by Crippen LogP contribution is 2.36. The average Bonchev–Trinajstić information content (AvgIpc) is 3.22. The second-order valence-corrected chi connectivity index (χ2v) is 6.45. The first-order valence-corrected chi connectivity index (χ1v) is 8.55. The van der Waals surface area contributed by atoms with Crippen molar-refractivity contribution in [2.24, 2.45) is 0 Å². The molecule has 8 nitrogen and oxygen atoms in total. The van der Waals surface area contributed by atoms with Crippen LogP contribution in [0, 0.1) is 0 Å². The van der Waals surface area contributed by atoms with E-state index in [1.54, 1.807) is 12.4 Å². The van der Waals surface area contributed by atoms with E-state index >= 15 is 0 Å². The molecule has 0 amide bonds. The molecule has 25 heavy (non-hydrogen) atoms. The van der Waals surface area contributed by atoms with Crippen molar-refractivity contribution in [1.29, 1.82) is 0 Å². The van der Waals surface area contributed by atoms with Crippen LogP contribution in [-0.4, -0.2) is 50.2 Å². The number of nitrogens with one attached hydrogen (secondary N) is 2. The van der Waals surface area contributed by atoms with Crippen molar-refractivity contribution in [3.8, 4) is 11.4 Å². The average molecular weight is 337 g/mol. The minimum Gasteiger partial charge on any atom is -0.356 e. The molecule has 128 valence electrons. The van der Waals surface area contributed by atoms with Gasteiger partial charge in [0.05, 0.1) is 29.2 Å². The van der Waals surface area contributed by atoms with Crippen molar-refractivity contribution < 1.29 is 5.11 Å². The molecule has 0 aliphatic carbocycles. The van der Waals surface area contributed by atoms with Gasteiger partial charge in [0.2, 0.25) is 6.35 Å². The standard InChI is InChI=1S/C17H19N7O/c25-17-21-13-10-19-15(12-9-20-23-7-2-1-5-14(12)23)22-16(13)24(17)11-4-3-6-18-8-11/h1-2,5,7,9-11,17-18,21,25H,3-4,6,8H2/t11?,17-/m0/s1. The third-order valence-electron chi connectivity index (χ3n) is 4.89. The SMILES string of the molecule is O[C@H]1Nc2cnc(-c3cnn4ccccc34)nc2N1C1CCCNC1. The van der Waals surface area contributed by atoms with Crippen LogP contribution in [-0.2, 0) is 0 Å². The number of anilines is 2. The van der Waals surface area contributed by atoms with Crippen molar-refractivity contribution in [3.63, 3.8) is 0 Å². The lowest BCUT2D eigenvalue weighted by atomic mass is 10.1. The molecule has 1 saturated heterocycles. The summed E-state index contributed by atoms with van der Waals surface area (Å²) in [5.74, 6) is 1.37. The van der Waals surface area contributed by atoms with Gasteiger partial charge >= 0.3 is 0 Å². The molecular weight excluding hydrogens is 318 g/mol. The summed E-state index contributed by atoms with van der Waals surface area (Å²) in [6.45, 7) is 1.87. The maximum atomic E-state index is 10.5. The van der Waals surface area contributed by atoms with E-state index in [0.29, 0.717) is 5.82 Å². The number of piperidine rings is 1. The van der Waals surface area contributed by atoms with Crippen LogP contribution < -0.4 is 15.5 Å². The first kappa shape index (κ1) is 14.6. The highest BCUT2D eigenvalue weighted by atomic mass is 16.3. The van der Waals surface area contributed by atoms with E-state index in [9.17, 15) is 5.11 Å². The summed E-state index contributed by atoms with van der Waals surface area (Å²) in [5.41, 5.74) is 2.60. The van der Waals surface area contributed by atoms with Gasteiger partial charge in [0.25, 0.3) is 0 Å². The van der Waals surface area contributed by atoms with E-state index < -0.39 is 6.35 Å². The minimum absolute atomic E-state index is 0.212. The molecule has 1 fully saturated rings. The van der Waals surface area contributed by atoms with Crippen LogP contribution in [0.1, 0.15) is 12.8 Å². The predicted molar refractivity (Wildman–Crippen MR) is 94.2 cm³/mol. The van der Waals surface area contributed by atoms with Gasteiger partial charge in [-0.15, -0.1) is 0 Å². The number of hydrogen-bond donors (Lipinski definition) is 3. The van der Waals surface area contributed by atoms with Crippen LogP contribution in [0.25, 0.3) is 16.9 Å². The van der Waals surface area contributed by atoms with Gasteiger partial charge in [-0.2, -0.15) is 5.10 Å². The zero-order valence-corrected chi connectivity index (χ0v) is 13.6. The highest BCUT2D eigenvalue weighted by Gasteiger charge is 2.35. The molecule has 2 atom stereocenters. The topological polar surface area (TPSA) is 90.6 Å². The number of aliphatic hydroxyl groups is 1. The second-order valence-electron chi connectivity index (χ2n) is 6.45. The summed E-state index contributed by atoms with van der Waals surface area (Å²) < 4.78 is 1.81. The Hall–Kier alpha value is -2.71.